The highest BCUT2D eigenvalue weighted by Crippen LogP contribution is 2.70. The summed E-state index contributed by atoms with van der Waals surface area (Å²) >= 11 is 0. The molecule has 6 aliphatic rings. The predicted octanol–water partition coefficient (Wildman–Crippen LogP) is 7.11. The number of rotatable bonds is 6. The largest absolute Gasteiger partial charge is 0.677 e. The van der Waals surface area contributed by atoms with E-state index in [9.17, 15) is 4.80 Å². The van der Waals surface area contributed by atoms with Crippen molar-refractivity contribution in [2.75, 3.05) is 0 Å². The fourth-order valence-electron chi connectivity index (χ4n) is 10.5. The van der Waals surface area contributed by atoms with Crippen molar-refractivity contribution >= 4 is 9.05 Å². The Morgan fingerprint density at radius 3 is 0.943 bits per heavy atom. The lowest BCUT2D eigenvalue weighted by Crippen LogP contribution is -2.58. The highest BCUT2D eigenvalue weighted by molar-refractivity contribution is 6.52. The van der Waals surface area contributed by atoms with Crippen molar-refractivity contribution in [3.05, 3.63) is 0 Å². The molecule has 0 aromatic rings. The summed E-state index contributed by atoms with van der Waals surface area (Å²) in [6.45, 7) is 21.6. The topological polar surface area (TPSA) is 47.9 Å². The number of hydrogen-bond donors (Lipinski definition) is 1. The van der Waals surface area contributed by atoms with Crippen LogP contribution in [0.3, 0.4) is 0 Å². The van der Waals surface area contributed by atoms with E-state index in [1.807, 2.05) is 0 Å². The molecule has 35 heavy (non-hydrogen) atoms. The van der Waals surface area contributed by atoms with Crippen LogP contribution in [0.2, 0.25) is 0 Å². The van der Waals surface area contributed by atoms with Gasteiger partial charge in [-0.15, -0.1) is 0 Å². The molecule has 6 bridgehead atoms. The van der Waals surface area contributed by atoms with Gasteiger partial charge >= 0.3 is 9.05 Å². The average molecular weight is 505 g/mol. The fraction of sp³-hybridized carbons (Fsp3) is 1.00. The lowest BCUT2D eigenvalue weighted by molar-refractivity contribution is -0.136. The molecule has 0 unspecified atom stereocenters. The van der Waals surface area contributed by atoms with Crippen LogP contribution >= 0.6 is 0 Å². The van der Waals surface area contributed by atoms with E-state index < -0.39 is 9.05 Å². The van der Waals surface area contributed by atoms with Crippen LogP contribution in [0.15, 0.2) is 0 Å². The summed E-state index contributed by atoms with van der Waals surface area (Å²) in [6, 6.07) is 0. The molecule has 6 fully saturated rings. The van der Waals surface area contributed by atoms with Gasteiger partial charge in [0.15, 0.2) is 0 Å². The van der Waals surface area contributed by atoms with Gasteiger partial charge in [0.25, 0.3) is 0 Å². The average Bonchev–Trinajstić information content (AvgIpc) is 3.38. The SMILES string of the molecule is CC1(C)[C@H]2CC[C@]1(C)[C@H](O[Si](O)(O[C@@H]1C[C@@H]3CC[C@@]1(C)C3(C)C)O[C@@H]1C[C@@H]3CC[C@@]1(C)C3(C)C)C2. The van der Waals surface area contributed by atoms with Crippen LogP contribution < -0.4 is 0 Å². The Balaban J connectivity index is 1.30. The van der Waals surface area contributed by atoms with Crippen LogP contribution in [-0.2, 0) is 13.3 Å². The van der Waals surface area contributed by atoms with Crippen LogP contribution in [-0.4, -0.2) is 32.2 Å². The van der Waals surface area contributed by atoms with Gasteiger partial charge in [-0.2, -0.15) is 0 Å². The first-order valence-corrected chi connectivity index (χ1v) is 16.4. The molecule has 6 aliphatic carbocycles. The third kappa shape index (κ3) is 3.00. The zero-order valence-electron chi connectivity index (χ0n) is 24.0. The van der Waals surface area contributed by atoms with Crippen molar-refractivity contribution < 1.29 is 18.1 Å². The summed E-state index contributed by atoms with van der Waals surface area (Å²) in [5, 5.41) is 0. The minimum atomic E-state index is -3.89. The highest BCUT2D eigenvalue weighted by Gasteiger charge is 2.70. The molecule has 1 N–H and O–H groups in total. The van der Waals surface area contributed by atoms with Gasteiger partial charge < -0.3 is 18.1 Å². The summed E-state index contributed by atoms with van der Waals surface area (Å²) in [4.78, 5) is 12.4. The molecule has 0 aromatic carbocycles. The van der Waals surface area contributed by atoms with Crippen LogP contribution in [0.1, 0.15) is 120 Å². The van der Waals surface area contributed by atoms with Crippen molar-refractivity contribution in [1.82, 2.24) is 0 Å². The lowest BCUT2D eigenvalue weighted by atomic mass is 9.70. The number of fused-ring (bicyclic) bond motifs is 6. The maximum Gasteiger partial charge on any atom is 0.677 e. The zero-order valence-corrected chi connectivity index (χ0v) is 25.0. The van der Waals surface area contributed by atoms with Crippen molar-refractivity contribution in [2.24, 2.45) is 50.2 Å². The van der Waals surface area contributed by atoms with E-state index in [1.165, 1.54) is 38.5 Å². The minimum absolute atomic E-state index is 0.0201. The normalized spacial score (nSPS) is 52.6. The van der Waals surface area contributed by atoms with E-state index in [-0.39, 0.29) is 50.8 Å². The minimum Gasteiger partial charge on any atom is -0.367 e. The van der Waals surface area contributed by atoms with E-state index in [0.717, 1.165) is 19.3 Å². The third-order valence-electron chi connectivity index (χ3n) is 15.0. The highest BCUT2D eigenvalue weighted by atomic mass is 28.4. The van der Waals surface area contributed by atoms with Crippen LogP contribution in [0.5, 0.6) is 0 Å². The molecule has 0 amide bonds. The zero-order chi connectivity index (χ0) is 25.4. The van der Waals surface area contributed by atoms with E-state index in [0.29, 0.717) is 17.8 Å². The second-order valence-corrected chi connectivity index (χ2v) is 17.9. The Bertz CT molecular complexity index is 787. The van der Waals surface area contributed by atoms with E-state index in [1.54, 1.807) is 0 Å². The molecule has 6 saturated carbocycles. The summed E-state index contributed by atoms with van der Waals surface area (Å²) in [6.07, 6.45) is 10.5. The van der Waals surface area contributed by atoms with E-state index in [4.69, 9.17) is 13.3 Å². The van der Waals surface area contributed by atoms with Crippen LogP contribution in [0.25, 0.3) is 0 Å². The van der Waals surface area contributed by atoms with Crippen molar-refractivity contribution in [1.29, 1.82) is 0 Å². The van der Waals surface area contributed by atoms with Gasteiger partial charge in [0.05, 0.1) is 18.3 Å². The molecule has 4 nitrogen and oxygen atoms in total. The molecule has 0 radical (unpaired) electrons. The van der Waals surface area contributed by atoms with Gasteiger partial charge in [-0.3, -0.25) is 0 Å². The van der Waals surface area contributed by atoms with Gasteiger partial charge in [-0.05, 0) is 108 Å². The summed E-state index contributed by atoms with van der Waals surface area (Å²) in [7, 11) is -3.89. The van der Waals surface area contributed by atoms with Crippen molar-refractivity contribution in [3.8, 4) is 0 Å². The lowest BCUT2D eigenvalue weighted by Gasteiger charge is -2.46. The molecule has 0 heterocycles. The maximum absolute atomic E-state index is 12.4. The summed E-state index contributed by atoms with van der Waals surface area (Å²) in [5.41, 5.74) is 0.901. The first kappa shape index (κ1) is 25.3. The third-order valence-corrected chi connectivity index (χ3v) is 16.8. The predicted molar refractivity (Wildman–Crippen MR) is 140 cm³/mol. The smallest absolute Gasteiger partial charge is 0.367 e. The summed E-state index contributed by atoms with van der Waals surface area (Å²) in [5.74, 6) is 1.98. The summed E-state index contributed by atoms with van der Waals surface area (Å²) < 4.78 is 20.7. The molecule has 0 aliphatic heterocycles. The Kier molecular flexibility index (Phi) is 5.19. The monoisotopic (exact) mass is 504 g/mol. The molecule has 0 aromatic heterocycles. The molecule has 9 atom stereocenters. The van der Waals surface area contributed by atoms with Crippen molar-refractivity contribution in [3.63, 3.8) is 0 Å². The molecule has 0 saturated heterocycles. The van der Waals surface area contributed by atoms with Crippen LogP contribution in [0.4, 0.5) is 0 Å². The van der Waals surface area contributed by atoms with Gasteiger partial charge in [0, 0.05) is 0 Å². The standard InChI is InChI=1S/C30H52O4Si/c1-25(2)19-10-13-28(25,7)22(16-19)32-35(31,33-23-17-20-11-14-29(23,8)26(20,3)4)34-24-18-21-12-15-30(24,9)27(21,5)6/h19-24,31H,10-18H2,1-9H3/t19-,20-,21-,22+,23+,24+,28+,29+,30+/m0/s1. The van der Waals surface area contributed by atoms with Gasteiger partial charge in [-0.1, -0.05) is 62.3 Å². The van der Waals surface area contributed by atoms with Crippen LogP contribution in [0, 0.1) is 50.2 Å². The maximum atomic E-state index is 12.4. The van der Waals surface area contributed by atoms with Gasteiger partial charge in [-0.25, -0.2) is 0 Å². The fourth-order valence-corrected chi connectivity index (χ4v) is 12.9. The second kappa shape index (κ2) is 7.17. The quantitative estimate of drug-likeness (QED) is 0.392. The molecule has 200 valence electrons. The molecule has 0 spiro atoms. The molecule has 5 heteroatoms. The first-order chi connectivity index (χ1) is 16.0. The Morgan fingerprint density at radius 1 is 0.514 bits per heavy atom. The van der Waals surface area contributed by atoms with Gasteiger partial charge in [0.2, 0.25) is 0 Å². The van der Waals surface area contributed by atoms with E-state index in [2.05, 4.69) is 62.3 Å². The number of hydrogen-bond acceptors (Lipinski definition) is 4. The molecular formula is C30H52O4Si. The molecular weight excluding hydrogens is 452 g/mol. The Morgan fingerprint density at radius 2 is 0.771 bits per heavy atom. The van der Waals surface area contributed by atoms with E-state index >= 15 is 0 Å². The second-order valence-electron chi connectivity index (χ2n) is 16.2. The van der Waals surface area contributed by atoms with Crippen molar-refractivity contribution in [2.45, 2.75) is 138 Å². The Labute approximate surface area is 215 Å². The Hall–Kier alpha value is 0.0569. The van der Waals surface area contributed by atoms with Gasteiger partial charge in [0.1, 0.15) is 0 Å². The first-order valence-electron chi connectivity index (χ1n) is 14.8. The molecule has 6 rings (SSSR count).